The van der Waals surface area contributed by atoms with Crippen LogP contribution in [0.4, 0.5) is 4.79 Å². The molecule has 0 aromatic rings. The normalized spacial score (nSPS) is 23.7. The van der Waals surface area contributed by atoms with Gasteiger partial charge >= 0.3 is 6.03 Å². The number of nitrogens with one attached hydrogen (secondary N) is 1. The topological polar surface area (TPSA) is 52.6 Å². The van der Waals surface area contributed by atoms with Crippen LogP contribution in [0.1, 0.15) is 32.6 Å². The Morgan fingerprint density at radius 2 is 2.19 bits per heavy atom. The first kappa shape index (κ1) is 11.7. The summed E-state index contributed by atoms with van der Waals surface area (Å²) < 4.78 is 0. The summed E-state index contributed by atoms with van der Waals surface area (Å²) in [6.07, 6.45) is 5.24. The number of nitrogens with zero attached hydrogens (tertiary/aromatic N) is 1. The van der Waals surface area contributed by atoms with Crippen molar-refractivity contribution in [3.63, 3.8) is 0 Å². The molecule has 2 fully saturated rings. The summed E-state index contributed by atoms with van der Waals surface area (Å²) in [7, 11) is 1.73. The van der Waals surface area contributed by atoms with Crippen LogP contribution in [0.5, 0.6) is 0 Å². The highest BCUT2D eigenvalue weighted by Crippen LogP contribution is 2.60. The molecule has 2 N–H and O–H groups in total. The van der Waals surface area contributed by atoms with E-state index in [2.05, 4.69) is 5.32 Å². The first-order valence-corrected chi connectivity index (χ1v) is 6.20. The van der Waals surface area contributed by atoms with Crippen molar-refractivity contribution in [3.05, 3.63) is 0 Å². The molecule has 2 amide bonds. The van der Waals surface area contributed by atoms with Gasteiger partial charge in [-0.3, -0.25) is 0 Å². The average molecular weight is 226 g/mol. The van der Waals surface area contributed by atoms with E-state index in [1.54, 1.807) is 11.9 Å². The highest BCUT2D eigenvalue weighted by Gasteiger charge is 2.53. The van der Waals surface area contributed by atoms with Crippen molar-refractivity contribution in [2.45, 2.75) is 38.6 Å². The Labute approximate surface area is 97.0 Å². The van der Waals surface area contributed by atoms with Gasteiger partial charge in [-0.05, 0) is 43.9 Å². The third kappa shape index (κ3) is 2.32. The number of carbonyl (C=O) groups is 1. The fraction of sp³-hybridized carbons (Fsp3) is 0.917. The summed E-state index contributed by atoms with van der Waals surface area (Å²) in [6.45, 7) is 2.67. The lowest BCUT2D eigenvalue weighted by Gasteiger charge is -2.25. The van der Waals surface area contributed by atoms with Crippen LogP contribution >= 0.6 is 0 Å². The lowest BCUT2D eigenvalue weighted by atomic mass is 10.0. The van der Waals surface area contributed by atoms with Crippen LogP contribution in [-0.4, -0.2) is 42.3 Å². The molecule has 0 bridgehead atoms. The number of aliphatic hydroxyl groups excluding tert-OH is 1. The molecule has 0 saturated heterocycles. The van der Waals surface area contributed by atoms with Gasteiger partial charge in [-0.1, -0.05) is 0 Å². The minimum absolute atomic E-state index is 0.0116. The first-order valence-electron chi connectivity index (χ1n) is 6.20. The molecule has 0 radical (unpaired) electrons. The molecule has 16 heavy (non-hydrogen) atoms. The van der Waals surface area contributed by atoms with Crippen LogP contribution in [0.3, 0.4) is 0 Å². The number of likely N-dealkylation sites (N-methyl/N-ethyl adjacent to an activating group) is 1. The van der Waals surface area contributed by atoms with Gasteiger partial charge in [-0.15, -0.1) is 0 Å². The predicted octanol–water partition coefficient (Wildman–Crippen LogP) is 1.20. The van der Waals surface area contributed by atoms with Crippen LogP contribution in [0.15, 0.2) is 0 Å². The van der Waals surface area contributed by atoms with E-state index in [4.69, 9.17) is 5.11 Å². The third-order valence-electron chi connectivity index (χ3n) is 4.17. The van der Waals surface area contributed by atoms with Gasteiger partial charge in [0.25, 0.3) is 0 Å². The average Bonchev–Trinajstić information content (AvgIpc) is 3.15. The number of hydrogen-bond acceptors (Lipinski definition) is 2. The Hall–Kier alpha value is -0.770. The van der Waals surface area contributed by atoms with Crippen molar-refractivity contribution in [1.82, 2.24) is 10.2 Å². The Morgan fingerprint density at radius 1 is 1.56 bits per heavy atom. The molecule has 0 aromatic heterocycles. The third-order valence-corrected chi connectivity index (χ3v) is 4.17. The summed E-state index contributed by atoms with van der Waals surface area (Å²) in [6, 6.07) is -0.176. The Morgan fingerprint density at radius 3 is 2.62 bits per heavy atom. The van der Waals surface area contributed by atoms with E-state index in [-0.39, 0.29) is 18.7 Å². The second-order valence-electron chi connectivity index (χ2n) is 5.44. The second kappa shape index (κ2) is 4.24. The minimum Gasteiger partial charge on any atom is -0.394 e. The molecule has 2 aliphatic rings. The maximum Gasteiger partial charge on any atom is 0.317 e. The lowest BCUT2D eigenvalue weighted by molar-refractivity contribution is 0.155. The molecule has 0 aromatic carbocycles. The Bertz CT molecular complexity index is 272. The predicted molar refractivity (Wildman–Crippen MR) is 62.1 cm³/mol. The zero-order valence-corrected chi connectivity index (χ0v) is 10.2. The lowest BCUT2D eigenvalue weighted by Crippen LogP contribution is -2.45. The summed E-state index contributed by atoms with van der Waals surface area (Å²) in [5, 5.41) is 12.0. The van der Waals surface area contributed by atoms with Gasteiger partial charge in [0.2, 0.25) is 0 Å². The summed E-state index contributed by atoms with van der Waals surface area (Å²) in [5.74, 6) is 0.869. The van der Waals surface area contributed by atoms with Crippen LogP contribution < -0.4 is 5.32 Å². The van der Waals surface area contributed by atoms with Crippen LogP contribution in [0, 0.1) is 11.3 Å². The molecule has 0 spiro atoms. The van der Waals surface area contributed by atoms with Crippen LogP contribution in [0.2, 0.25) is 0 Å². The molecule has 1 unspecified atom stereocenters. The van der Waals surface area contributed by atoms with Crippen molar-refractivity contribution in [1.29, 1.82) is 0 Å². The maximum atomic E-state index is 11.8. The molecule has 2 rings (SSSR count). The van der Waals surface area contributed by atoms with E-state index in [1.807, 2.05) is 6.92 Å². The molecule has 2 saturated carbocycles. The molecule has 1 atom stereocenters. The fourth-order valence-corrected chi connectivity index (χ4v) is 2.28. The van der Waals surface area contributed by atoms with Crippen molar-refractivity contribution in [2.75, 3.05) is 20.2 Å². The SMILES string of the molecule is CC(CO)N(C)C(=O)NCC1(C2CC2)CC1. The zero-order chi connectivity index (χ0) is 11.8. The van der Waals surface area contributed by atoms with Gasteiger partial charge in [-0.2, -0.15) is 0 Å². The first-order chi connectivity index (χ1) is 7.59. The quantitative estimate of drug-likeness (QED) is 0.740. The molecular weight excluding hydrogens is 204 g/mol. The number of aliphatic hydroxyl groups is 1. The van der Waals surface area contributed by atoms with E-state index in [0.717, 1.165) is 12.5 Å². The van der Waals surface area contributed by atoms with Crippen LogP contribution in [-0.2, 0) is 0 Å². The molecule has 4 heteroatoms. The second-order valence-corrected chi connectivity index (χ2v) is 5.44. The molecule has 0 heterocycles. The van der Waals surface area contributed by atoms with Crippen molar-refractivity contribution >= 4 is 6.03 Å². The van der Waals surface area contributed by atoms with Gasteiger partial charge in [0.05, 0.1) is 12.6 Å². The monoisotopic (exact) mass is 226 g/mol. The minimum atomic E-state index is -0.115. The van der Waals surface area contributed by atoms with E-state index in [9.17, 15) is 4.79 Å². The standard InChI is InChI=1S/C12H22N2O2/c1-9(7-15)14(2)11(16)13-8-12(5-6-12)10-3-4-10/h9-10,15H,3-8H2,1-2H3,(H,13,16). The van der Waals surface area contributed by atoms with Crippen molar-refractivity contribution in [3.8, 4) is 0 Å². The summed E-state index contributed by atoms with van der Waals surface area (Å²) in [5.41, 5.74) is 0.443. The number of hydrogen-bond donors (Lipinski definition) is 2. The highest BCUT2D eigenvalue weighted by atomic mass is 16.3. The van der Waals surface area contributed by atoms with Crippen molar-refractivity contribution in [2.24, 2.45) is 11.3 Å². The van der Waals surface area contributed by atoms with E-state index in [0.29, 0.717) is 5.41 Å². The fourth-order valence-electron chi connectivity index (χ4n) is 2.28. The Balaban J connectivity index is 1.75. The summed E-state index contributed by atoms with van der Waals surface area (Å²) in [4.78, 5) is 13.3. The Kier molecular flexibility index (Phi) is 3.10. The number of amides is 2. The van der Waals surface area contributed by atoms with Gasteiger partial charge < -0.3 is 15.3 Å². The van der Waals surface area contributed by atoms with E-state index < -0.39 is 0 Å². The van der Waals surface area contributed by atoms with E-state index in [1.165, 1.54) is 25.7 Å². The molecule has 2 aliphatic carbocycles. The van der Waals surface area contributed by atoms with Gasteiger partial charge in [0.15, 0.2) is 0 Å². The number of rotatable bonds is 5. The number of urea groups is 1. The van der Waals surface area contributed by atoms with Crippen molar-refractivity contribution < 1.29 is 9.90 Å². The van der Waals surface area contributed by atoms with Gasteiger partial charge in [0, 0.05) is 13.6 Å². The highest BCUT2D eigenvalue weighted by molar-refractivity contribution is 5.74. The zero-order valence-electron chi connectivity index (χ0n) is 10.2. The molecule has 92 valence electrons. The maximum absolute atomic E-state index is 11.8. The van der Waals surface area contributed by atoms with Gasteiger partial charge in [-0.25, -0.2) is 4.79 Å². The number of carbonyl (C=O) groups excluding carboxylic acids is 1. The van der Waals surface area contributed by atoms with E-state index >= 15 is 0 Å². The summed E-state index contributed by atoms with van der Waals surface area (Å²) >= 11 is 0. The molecular formula is C12H22N2O2. The largest absolute Gasteiger partial charge is 0.394 e. The smallest absolute Gasteiger partial charge is 0.317 e. The van der Waals surface area contributed by atoms with Gasteiger partial charge in [0.1, 0.15) is 0 Å². The molecule has 0 aliphatic heterocycles. The van der Waals surface area contributed by atoms with Crippen LogP contribution in [0.25, 0.3) is 0 Å². The molecule has 4 nitrogen and oxygen atoms in total.